The zero-order valence-corrected chi connectivity index (χ0v) is 13.6. The molecule has 24 heavy (non-hydrogen) atoms. The standard InChI is InChI=1S/C17H18N4O3/c1-3-20-14(9-11(2)19-20)18-17(24)12-5-4-6-13(10-12)21-15(22)7-8-16(21)23/h4-6,9-10H,3,7-8H2,1-2H3,(H,18,24). The molecule has 1 aromatic heterocycles. The summed E-state index contributed by atoms with van der Waals surface area (Å²) in [7, 11) is 0. The lowest BCUT2D eigenvalue weighted by Gasteiger charge is -2.15. The Morgan fingerprint density at radius 2 is 1.92 bits per heavy atom. The molecule has 3 rings (SSSR count). The Balaban J connectivity index is 1.84. The van der Waals surface area contributed by atoms with E-state index in [0.717, 1.165) is 10.6 Å². The van der Waals surface area contributed by atoms with Crippen LogP contribution in [0, 0.1) is 6.92 Å². The minimum absolute atomic E-state index is 0.213. The van der Waals surface area contributed by atoms with Gasteiger partial charge in [-0.05, 0) is 32.0 Å². The number of nitrogens with zero attached hydrogens (tertiary/aromatic N) is 3. The predicted molar refractivity (Wildman–Crippen MR) is 88.8 cm³/mol. The van der Waals surface area contributed by atoms with Gasteiger partial charge in [0.2, 0.25) is 11.8 Å². The van der Waals surface area contributed by atoms with Crippen molar-refractivity contribution < 1.29 is 14.4 Å². The van der Waals surface area contributed by atoms with Crippen LogP contribution in [-0.2, 0) is 16.1 Å². The second-order valence-corrected chi connectivity index (χ2v) is 5.61. The molecule has 1 saturated heterocycles. The molecule has 1 aliphatic heterocycles. The van der Waals surface area contributed by atoms with Gasteiger partial charge in [-0.3, -0.25) is 19.3 Å². The largest absolute Gasteiger partial charge is 0.307 e. The molecule has 2 heterocycles. The Kier molecular flexibility index (Phi) is 4.16. The van der Waals surface area contributed by atoms with Crippen LogP contribution in [-0.4, -0.2) is 27.5 Å². The first-order valence-electron chi connectivity index (χ1n) is 7.81. The van der Waals surface area contributed by atoms with Crippen LogP contribution in [0.5, 0.6) is 0 Å². The molecule has 0 atom stereocenters. The molecular formula is C17H18N4O3. The number of amides is 3. The van der Waals surface area contributed by atoms with Crippen molar-refractivity contribution in [1.82, 2.24) is 9.78 Å². The van der Waals surface area contributed by atoms with Crippen molar-refractivity contribution >= 4 is 29.2 Å². The third-order valence-electron chi connectivity index (χ3n) is 3.86. The van der Waals surface area contributed by atoms with Crippen molar-refractivity contribution in [2.24, 2.45) is 0 Å². The fraction of sp³-hybridized carbons (Fsp3) is 0.294. The summed E-state index contributed by atoms with van der Waals surface area (Å²) >= 11 is 0. The molecule has 0 radical (unpaired) electrons. The molecule has 2 aromatic rings. The number of aromatic nitrogens is 2. The highest BCUT2D eigenvalue weighted by atomic mass is 16.2. The van der Waals surface area contributed by atoms with Gasteiger partial charge in [0.05, 0.1) is 11.4 Å². The van der Waals surface area contributed by atoms with Gasteiger partial charge >= 0.3 is 0 Å². The van der Waals surface area contributed by atoms with Crippen LogP contribution in [0.25, 0.3) is 0 Å². The van der Waals surface area contributed by atoms with Crippen molar-refractivity contribution in [3.8, 4) is 0 Å². The van der Waals surface area contributed by atoms with E-state index in [2.05, 4.69) is 10.4 Å². The second-order valence-electron chi connectivity index (χ2n) is 5.61. The van der Waals surface area contributed by atoms with Gasteiger partial charge in [0.15, 0.2) is 0 Å². The molecule has 0 saturated carbocycles. The Morgan fingerprint density at radius 1 is 1.21 bits per heavy atom. The maximum Gasteiger partial charge on any atom is 0.256 e. The summed E-state index contributed by atoms with van der Waals surface area (Å²) in [4.78, 5) is 37.3. The molecule has 7 heteroatoms. The van der Waals surface area contributed by atoms with E-state index in [0.29, 0.717) is 23.6 Å². The van der Waals surface area contributed by atoms with Crippen molar-refractivity contribution in [3.63, 3.8) is 0 Å². The van der Waals surface area contributed by atoms with Crippen LogP contribution in [0.1, 0.15) is 35.8 Å². The predicted octanol–water partition coefficient (Wildman–Crippen LogP) is 2.12. The number of carbonyl (C=O) groups is 3. The second kappa shape index (κ2) is 6.27. The summed E-state index contributed by atoms with van der Waals surface area (Å²) in [6.07, 6.45) is 0.425. The average Bonchev–Trinajstić information content (AvgIpc) is 3.09. The van der Waals surface area contributed by atoms with Crippen LogP contribution in [0.3, 0.4) is 0 Å². The SMILES string of the molecule is CCn1nc(C)cc1NC(=O)c1cccc(N2C(=O)CCC2=O)c1. The van der Waals surface area contributed by atoms with Gasteiger partial charge in [-0.2, -0.15) is 5.10 Å². The van der Waals surface area contributed by atoms with Crippen molar-refractivity contribution in [2.45, 2.75) is 33.2 Å². The number of hydrogen-bond acceptors (Lipinski definition) is 4. The van der Waals surface area contributed by atoms with Crippen LogP contribution in [0.2, 0.25) is 0 Å². The molecule has 1 aromatic carbocycles. The molecule has 1 aliphatic rings. The van der Waals surface area contributed by atoms with Crippen LogP contribution < -0.4 is 10.2 Å². The summed E-state index contributed by atoms with van der Waals surface area (Å²) < 4.78 is 1.70. The normalized spacial score (nSPS) is 14.3. The molecule has 1 fully saturated rings. The Hall–Kier alpha value is -2.96. The topological polar surface area (TPSA) is 84.3 Å². The summed E-state index contributed by atoms with van der Waals surface area (Å²) in [5.74, 6) is -0.182. The van der Waals surface area contributed by atoms with Gasteiger partial charge in [-0.15, -0.1) is 0 Å². The van der Waals surface area contributed by atoms with E-state index in [1.54, 1.807) is 35.0 Å². The fourth-order valence-corrected chi connectivity index (χ4v) is 2.73. The fourth-order valence-electron chi connectivity index (χ4n) is 2.73. The van der Waals surface area contributed by atoms with Crippen molar-refractivity contribution in [3.05, 3.63) is 41.6 Å². The van der Waals surface area contributed by atoms with E-state index in [1.165, 1.54) is 0 Å². The zero-order valence-electron chi connectivity index (χ0n) is 13.6. The number of nitrogens with one attached hydrogen (secondary N) is 1. The molecule has 7 nitrogen and oxygen atoms in total. The molecule has 0 aliphatic carbocycles. The first-order chi connectivity index (χ1) is 11.5. The molecule has 124 valence electrons. The highest BCUT2D eigenvalue weighted by molar-refractivity contribution is 6.20. The molecule has 0 bridgehead atoms. The lowest BCUT2D eigenvalue weighted by atomic mass is 10.1. The monoisotopic (exact) mass is 326 g/mol. The Morgan fingerprint density at radius 3 is 2.58 bits per heavy atom. The van der Waals surface area contributed by atoms with Crippen LogP contribution >= 0.6 is 0 Å². The van der Waals surface area contributed by atoms with Gasteiger partial charge in [0.1, 0.15) is 5.82 Å². The molecule has 1 N–H and O–H groups in total. The smallest absolute Gasteiger partial charge is 0.256 e. The van der Waals surface area contributed by atoms with Gasteiger partial charge in [-0.1, -0.05) is 6.07 Å². The first kappa shape index (κ1) is 15.9. The lowest BCUT2D eigenvalue weighted by molar-refractivity contribution is -0.121. The number of rotatable bonds is 4. The summed E-state index contributed by atoms with van der Waals surface area (Å²) in [6, 6.07) is 8.29. The van der Waals surface area contributed by atoms with Crippen LogP contribution in [0.4, 0.5) is 11.5 Å². The maximum absolute atomic E-state index is 12.5. The number of aryl methyl sites for hydroxylation is 2. The van der Waals surface area contributed by atoms with Gasteiger partial charge in [0, 0.05) is 31.0 Å². The maximum atomic E-state index is 12.5. The number of anilines is 2. The quantitative estimate of drug-likeness (QED) is 0.872. The average molecular weight is 326 g/mol. The van der Waals surface area contributed by atoms with Gasteiger partial charge in [0.25, 0.3) is 5.91 Å². The first-order valence-corrected chi connectivity index (χ1v) is 7.81. The Bertz CT molecular complexity index is 809. The zero-order chi connectivity index (χ0) is 17.3. The van der Waals surface area contributed by atoms with Crippen molar-refractivity contribution in [2.75, 3.05) is 10.2 Å². The minimum Gasteiger partial charge on any atom is -0.307 e. The number of benzene rings is 1. The van der Waals surface area contributed by atoms with E-state index in [4.69, 9.17) is 0 Å². The lowest BCUT2D eigenvalue weighted by Crippen LogP contribution is -2.28. The van der Waals surface area contributed by atoms with E-state index >= 15 is 0 Å². The van der Waals surface area contributed by atoms with Crippen LogP contribution in [0.15, 0.2) is 30.3 Å². The molecule has 3 amide bonds. The van der Waals surface area contributed by atoms with E-state index < -0.39 is 0 Å². The molecule has 0 spiro atoms. The molecular weight excluding hydrogens is 308 g/mol. The van der Waals surface area contributed by atoms with E-state index in [-0.39, 0.29) is 30.6 Å². The highest BCUT2D eigenvalue weighted by Gasteiger charge is 2.30. The number of imide groups is 1. The van der Waals surface area contributed by atoms with Gasteiger partial charge < -0.3 is 5.32 Å². The summed E-state index contributed by atoms with van der Waals surface area (Å²) in [6.45, 7) is 4.43. The van der Waals surface area contributed by atoms with Gasteiger partial charge in [-0.25, -0.2) is 4.68 Å². The highest BCUT2D eigenvalue weighted by Crippen LogP contribution is 2.24. The minimum atomic E-state index is -0.314. The third kappa shape index (κ3) is 2.92. The Labute approximate surface area is 139 Å². The van der Waals surface area contributed by atoms with E-state index in [9.17, 15) is 14.4 Å². The van der Waals surface area contributed by atoms with Crippen molar-refractivity contribution in [1.29, 1.82) is 0 Å². The third-order valence-corrected chi connectivity index (χ3v) is 3.86. The summed E-state index contributed by atoms with van der Waals surface area (Å²) in [5, 5.41) is 7.09. The summed E-state index contributed by atoms with van der Waals surface area (Å²) in [5.41, 5.74) is 1.62. The number of hydrogen-bond donors (Lipinski definition) is 1. The van der Waals surface area contributed by atoms with E-state index in [1.807, 2.05) is 13.8 Å². The number of carbonyl (C=O) groups excluding carboxylic acids is 3. The molecule has 0 unspecified atom stereocenters.